The van der Waals surface area contributed by atoms with Crippen molar-refractivity contribution in [3.05, 3.63) is 66.0 Å². The van der Waals surface area contributed by atoms with Gasteiger partial charge < -0.3 is 10.2 Å². The zero-order valence-electron chi connectivity index (χ0n) is 18.7. The van der Waals surface area contributed by atoms with E-state index in [1.807, 2.05) is 30.3 Å². The van der Waals surface area contributed by atoms with Crippen molar-refractivity contribution in [3.63, 3.8) is 0 Å². The van der Waals surface area contributed by atoms with E-state index in [4.69, 9.17) is 4.98 Å². The number of fused-ring (bicyclic) bond motifs is 1. The second kappa shape index (κ2) is 10.5. The summed E-state index contributed by atoms with van der Waals surface area (Å²) in [5.41, 5.74) is 1.40. The topological polar surface area (TPSA) is 45.2 Å². The summed E-state index contributed by atoms with van der Waals surface area (Å²) in [4.78, 5) is 21.2. The lowest BCUT2D eigenvalue weighted by Crippen LogP contribution is -2.39. The molecular formula is C26H30FN3OS. The van der Waals surface area contributed by atoms with Crippen molar-refractivity contribution in [2.45, 2.75) is 36.6 Å². The molecule has 1 atom stereocenters. The minimum Gasteiger partial charge on any atom is -0.352 e. The molecule has 4 nitrogen and oxygen atoms in total. The maximum absolute atomic E-state index is 13.2. The highest BCUT2D eigenvalue weighted by Gasteiger charge is 2.19. The van der Waals surface area contributed by atoms with Gasteiger partial charge in [-0.1, -0.05) is 43.8 Å². The molecule has 1 aliphatic heterocycles. The maximum Gasteiger partial charge on any atom is 0.252 e. The lowest BCUT2D eigenvalue weighted by molar-refractivity contribution is 0.0942. The highest BCUT2D eigenvalue weighted by molar-refractivity contribution is 7.99. The number of carbonyl (C=O) groups excluding carboxylic acids is 1. The molecule has 0 aliphatic carbocycles. The minimum absolute atomic E-state index is 0.0799. The highest BCUT2D eigenvalue weighted by atomic mass is 32.2. The molecule has 1 aromatic heterocycles. The number of aromatic nitrogens is 1. The van der Waals surface area contributed by atoms with Gasteiger partial charge in [0, 0.05) is 23.4 Å². The number of piperidine rings is 1. The molecule has 4 rings (SSSR count). The van der Waals surface area contributed by atoms with Gasteiger partial charge in [0.15, 0.2) is 0 Å². The van der Waals surface area contributed by atoms with E-state index < -0.39 is 0 Å². The highest BCUT2D eigenvalue weighted by Crippen LogP contribution is 2.30. The van der Waals surface area contributed by atoms with E-state index in [0.717, 1.165) is 46.4 Å². The Morgan fingerprint density at radius 3 is 2.66 bits per heavy atom. The predicted octanol–water partition coefficient (Wildman–Crippen LogP) is 5.62. The molecule has 1 amide bonds. The molecule has 168 valence electrons. The molecule has 6 heteroatoms. The van der Waals surface area contributed by atoms with Gasteiger partial charge in [0.05, 0.1) is 11.1 Å². The second-order valence-corrected chi connectivity index (χ2v) is 9.97. The first kappa shape index (κ1) is 22.7. The molecule has 0 spiro atoms. The maximum atomic E-state index is 13.2. The number of hydrogen-bond acceptors (Lipinski definition) is 4. The summed E-state index contributed by atoms with van der Waals surface area (Å²) in [5.74, 6) is 0.856. The predicted molar refractivity (Wildman–Crippen MR) is 129 cm³/mol. The van der Waals surface area contributed by atoms with Crippen LogP contribution in [0.2, 0.25) is 0 Å². The average Bonchev–Trinajstić information content (AvgIpc) is 2.80. The molecule has 2 heterocycles. The number of nitrogens with zero attached hydrogens (tertiary/aromatic N) is 2. The molecule has 0 saturated carbocycles. The quantitative estimate of drug-likeness (QED) is 0.506. The monoisotopic (exact) mass is 451 g/mol. The lowest BCUT2D eigenvalue weighted by atomic mass is 9.98. The zero-order valence-corrected chi connectivity index (χ0v) is 19.5. The molecule has 3 aromatic rings. The Kier molecular flexibility index (Phi) is 7.43. The largest absolute Gasteiger partial charge is 0.352 e. The van der Waals surface area contributed by atoms with E-state index in [0.29, 0.717) is 18.0 Å². The summed E-state index contributed by atoms with van der Waals surface area (Å²) in [6.45, 7) is 8.47. The molecule has 1 unspecified atom stereocenters. The summed E-state index contributed by atoms with van der Waals surface area (Å²) >= 11 is 1.43. The third kappa shape index (κ3) is 5.87. The summed E-state index contributed by atoms with van der Waals surface area (Å²) in [6, 6.07) is 15.8. The van der Waals surface area contributed by atoms with Crippen molar-refractivity contribution in [2.24, 2.45) is 11.8 Å². The van der Waals surface area contributed by atoms with Gasteiger partial charge in [-0.25, -0.2) is 9.37 Å². The van der Waals surface area contributed by atoms with Gasteiger partial charge in [0.1, 0.15) is 10.8 Å². The van der Waals surface area contributed by atoms with E-state index in [2.05, 4.69) is 24.1 Å². The van der Waals surface area contributed by atoms with Gasteiger partial charge in [0.25, 0.3) is 5.91 Å². The zero-order chi connectivity index (χ0) is 22.5. The first-order valence-electron chi connectivity index (χ1n) is 11.3. The van der Waals surface area contributed by atoms with Crippen LogP contribution in [0.25, 0.3) is 10.9 Å². The molecule has 1 aliphatic rings. The Hall–Kier alpha value is -2.44. The number of amides is 1. The first-order chi connectivity index (χ1) is 15.5. The molecule has 1 saturated heterocycles. The third-order valence-corrected chi connectivity index (χ3v) is 6.96. The van der Waals surface area contributed by atoms with E-state index in [9.17, 15) is 9.18 Å². The SMILES string of the molecule is CC1CCN(CC(C)CNC(=O)c2cc(Sc3ccc(F)cc3)nc3ccccc23)CC1. The first-order valence-corrected chi connectivity index (χ1v) is 12.1. The van der Waals surface area contributed by atoms with E-state index in [-0.39, 0.29) is 11.7 Å². The fourth-order valence-electron chi connectivity index (χ4n) is 4.13. The fourth-order valence-corrected chi connectivity index (χ4v) is 4.96. The number of likely N-dealkylation sites (tertiary alicyclic amines) is 1. The Labute approximate surface area is 193 Å². The number of benzene rings is 2. The number of pyridine rings is 1. The average molecular weight is 452 g/mol. The van der Waals surface area contributed by atoms with Crippen molar-refractivity contribution in [1.82, 2.24) is 15.2 Å². The second-order valence-electron chi connectivity index (χ2n) is 8.88. The van der Waals surface area contributed by atoms with E-state index in [1.165, 1.54) is 36.7 Å². The molecule has 2 aromatic carbocycles. The molecule has 0 bridgehead atoms. The van der Waals surface area contributed by atoms with Crippen molar-refractivity contribution < 1.29 is 9.18 Å². The Bertz CT molecular complexity index is 1060. The van der Waals surface area contributed by atoms with Crippen LogP contribution in [0.5, 0.6) is 0 Å². The Morgan fingerprint density at radius 2 is 1.91 bits per heavy atom. The number of hydrogen-bond donors (Lipinski definition) is 1. The lowest BCUT2D eigenvalue weighted by Gasteiger charge is -2.32. The molecule has 1 fully saturated rings. The van der Waals surface area contributed by atoms with Gasteiger partial charge in [-0.3, -0.25) is 4.79 Å². The summed E-state index contributed by atoms with van der Waals surface area (Å²) < 4.78 is 13.2. The minimum atomic E-state index is -0.269. The molecule has 1 N–H and O–H groups in total. The Balaban J connectivity index is 1.45. The van der Waals surface area contributed by atoms with Crippen molar-refractivity contribution in [2.75, 3.05) is 26.2 Å². The number of carbonyl (C=O) groups is 1. The van der Waals surface area contributed by atoms with Crippen LogP contribution in [0.1, 0.15) is 37.0 Å². The Morgan fingerprint density at radius 1 is 1.19 bits per heavy atom. The van der Waals surface area contributed by atoms with Crippen molar-refractivity contribution in [3.8, 4) is 0 Å². The number of rotatable bonds is 7. The number of halogens is 1. The number of para-hydroxylation sites is 1. The van der Waals surface area contributed by atoms with E-state index in [1.54, 1.807) is 12.1 Å². The van der Waals surface area contributed by atoms with Crippen LogP contribution in [-0.2, 0) is 0 Å². The van der Waals surface area contributed by atoms with E-state index >= 15 is 0 Å². The van der Waals surface area contributed by atoms with Crippen molar-refractivity contribution >= 4 is 28.6 Å². The van der Waals surface area contributed by atoms with Gasteiger partial charge >= 0.3 is 0 Å². The molecular weight excluding hydrogens is 421 g/mol. The van der Waals surface area contributed by atoms with Gasteiger partial charge in [-0.15, -0.1) is 0 Å². The van der Waals surface area contributed by atoms with Gasteiger partial charge in [-0.2, -0.15) is 0 Å². The standard InChI is InChI=1S/C26H30FN3OS/c1-18-11-13-30(14-12-18)17-19(2)16-28-26(31)23-15-25(29-24-6-4-3-5-22(23)24)32-21-9-7-20(27)8-10-21/h3-10,15,18-19H,11-14,16-17H2,1-2H3,(H,28,31). The van der Waals surface area contributed by atoms with Crippen molar-refractivity contribution in [1.29, 1.82) is 0 Å². The normalized spacial score (nSPS) is 16.2. The fraction of sp³-hybridized carbons (Fsp3) is 0.385. The van der Waals surface area contributed by atoms with Crippen LogP contribution < -0.4 is 5.32 Å². The van der Waals surface area contributed by atoms with Crippen LogP contribution in [0.4, 0.5) is 4.39 Å². The van der Waals surface area contributed by atoms with Crippen LogP contribution >= 0.6 is 11.8 Å². The summed E-state index contributed by atoms with van der Waals surface area (Å²) in [5, 5.41) is 4.69. The number of nitrogens with one attached hydrogen (secondary N) is 1. The summed E-state index contributed by atoms with van der Waals surface area (Å²) in [6.07, 6.45) is 2.52. The van der Waals surface area contributed by atoms with Crippen LogP contribution in [0, 0.1) is 17.7 Å². The molecule has 0 radical (unpaired) electrons. The van der Waals surface area contributed by atoms with Crippen LogP contribution in [-0.4, -0.2) is 42.0 Å². The smallest absolute Gasteiger partial charge is 0.252 e. The van der Waals surface area contributed by atoms with Crippen LogP contribution in [0.15, 0.2) is 64.5 Å². The van der Waals surface area contributed by atoms with Gasteiger partial charge in [-0.05, 0) is 74.2 Å². The summed E-state index contributed by atoms with van der Waals surface area (Å²) in [7, 11) is 0. The molecule has 32 heavy (non-hydrogen) atoms. The van der Waals surface area contributed by atoms with Gasteiger partial charge in [0.2, 0.25) is 0 Å². The van der Waals surface area contributed by atoms with Crippen LogP contribution in [0.3, 0.4) is 0 Å². The third-order valence-electron chi connectivity index (χ3n) is 6.03.